The van der Waals surface area contributed by atoms with Crippen LogP contribution in [0.25, 0.3) is 11.1 Å². The minimum absolute atomic E-state index is 0.00309. The molecule has 1 fully saturated rings. The van der Waals surface area contributed by atoms with Gasteiger partial charge in [-0.15, -0.1) is 13.2 Å². The van der Waals surface area contributed by atoms with Crippen LogP contribution in [0.1, 0.15) is 0 Å². The largest absolute Gasteiger partial charge is 0.573 e. The maximum atomic E-state index is 14.4. The van der Waals surface area contributed by atoms with E-state index in [1.165, 1.54) is 31.4 Å². The summed E-state index contributed by atoms with van der Waals surface area (Å²) in [7, 11) is 1.31. The first kappa shape index (κ1) is 17.3. The molecule has 0 aromatic heterocycles. The summed E-state index contributed by atoms with van der Waals surface area (Å²) in [6, 6.07) is 8.34. The number of ether oxygens (including phenoxy) is 3. The van der Waals surface area contributed by atoms with E-state index in [0.29, 0.717) is 13.1 Å². The summed E-state index contributed by atoms with van der Waals surface area (Å²) in [5.41, 5.74) is 0.318. The molecule has 1 heterocycles. The lowest BCUT2D eigenvalue weighted by Gasteiger charge is -2.28. The summed E-state index contributed by atoms with van der Waals surface area (Å²) < 4.78 is 66.9. The highest BCUT2D eigenvalue weighted by Crippen LogP contribution is 2.38. The van der Waals surface area contributed by atoms with Gasteiger partial charge in [-0.2, -0.15) is 0 Å². The fraction of sp³-hybridized carbons (Fsp3) is 0.294. The molecule has 134 valence electrons. The van der Waals surface area contributed by atoms with Gasteiger partial charge in [-0.1, -0.05) is 18.2 Å². The van der Waals surface area contributed by atoms with Crippen molar-refractivity contribution in [3.05, 3.63) is 42.2 Å². The van der Waals surface area contributed by atoms with Gasteiger partial charge in [0.15, 0.2) is 23.1 Å². The molecule has 0 bridgehead atoms. The van der Waals surface area contributed by atoms with Crippen LogP contribution >= 0.6 is 0 Å². The standard InChI is InChI=1S/C17H15F4NO3/c1-23-14-4-2-3-12(16(14)18)10-5-6-13(24-11-8-22-9-11)15(7-10)25-17(19,20)21/h2-7,11,22H,8-9H2,1H3. The molecule has 0 spiro atoms. The monoisotopic (exact) mass is 357 g/mol. The van der Waals surface area contributed by atoms with Crippen molar-refractivity contribution >= 4 is 0 Å². The number of halogens is 4. The van der Waals surface area contributed by atoms with Crippen molar-refractivity contribution in [2.45, 2.75) is 12.5 Å². The lowest BCUT2D eigenvalue weighted by atomic mass is 10.0. The van der Waals surface area contributed by atoms with Crippen molar-refractivity contribution in [2.24, 2.45) is 0 Å². The normalized spacial score (nSPS) is 14.8. The van der Waals surface area contributed by atoms with Gasteiger partial charge in [-0.3, -0.25) is 0 Å². The molecule has 0 amide bonds. The maximum absolute atomic E-state index is 14.4. The van der Waals surface area contributed by atoms with E-state index in [9.17, 15) is 17.6 Å². The van der Waals surface area contributed by atoms with Gasteiger partial charge in [-0.05, 0) is 23.8 Å². The third-order valence-electron chi connectivity index (χ3n) is 3.70. The molecular formula is C17H15F4NO3. The zero-order valence-electron chi connectivity index (χ0n) is 13.2. The van der Waals surface area contributed by atoms with E-state index < -0.39 is 17.9 Å². The molecule has 1 N–H and O–H groups in total. The second kappa shape index (κ2) is 6.79. The van der Waals surface area contributed by atoms with E-state index >= 15 is 0 Å². The van der Waals surface area contributed by atoms with E-state index in [-0.39, 0.29) is 28.7 Å². The number of rotatable bonds is 5. The molecule has 1 aliphatic rings. The van der Waals surface area contributed by atoms with Crippen molar-refractivity contribution in [2.75, 3.05) is 20.2 Å². The maximum Gasteiger partial charge on any atom is 0.573 e. The molecule has 1 aliphatic heterocycles. The average Bonchev–Trinajstić information content (AvgIpc) is 2.50. The summed E-state index contributed by atoms with van der Waals surface area (Å²) in [6.07, 6.45) is -5.11. The molecule has 3 rings (SSSR count). The molecular weight excluding hydrogens is 342 g/mol. The number of nitrogens with one attached hydrogen (secondary N) is 1. The molecule has 1 saturated heterocycles. The van der Waals surface area contributed by atoms with Crippen molar-refractivity contribution in [3.8, 4) is 28.4 Å². The molecule has 2 aromatic rings. The number of alkyl halides is 3. The Morgan fingerprint density at radius 3 is 2.40 bits per heavy atom. The molecule has 0 unspecified atom stereocenters. The highest BCUT2D eigenvalue weighted by atomic mass is 19.4. The Morgan fingerprint density at radius 1 is 1.04 bits per heavy atom. The van der Waals surface area contributed by atoms with Gasteiger partial charge in [-0.25, -0.2) is 4.39 Å². The smallest absolute Gasteiger partial charge is 0.494 e. The van der Waals surface area contributed by atoms with Crippen LogP contribution in [0, 0.1) is 5.82 Å². The lowest BCUT2D eigenvalue weighted by molar-refractivity contribution is -0.275. The lowest BCUT2D eigenvalue weighted by Crippen LogP contribution is -2.50. The number of methoxy groups -OCH3 is 1. The van der Waals surface area contributed by atoms with E-state index in [2.05, 4.69) is 10.1 Å². The second-order valence-electron chi connectivity index (χ2n) is 5.43. The quantitative estimate of drug-likeness (QED) is 0.828. The van der Waals surface area contributed by atoms with Crippen LogP contribution in [0.5, 0.6) is 17.2 Å². The predicted molar refractivity (Wildman–Crippen MR) is 82.4 cm³/mol. The third-order valence-corrected chi connectivity index (χ3v) is 3.70. The zero-order valence-corrected chi connectivity index (χ0v) is 13.2. The zero-order chi connectivity index (χ0) is 18.0. The van der Waals surface area contributed by atoms with Crippen molar-refractivity contribution in [1.82, 2.24) is 5.32 Å². The van der Waals surface area contributed by atoms with Gasteiger partial charge < -0.3 is 19.5 Å². The molecule has 2 aromatic carbocycles. The molecule has 0 radical (unpaired) electrons. The Kier molecular flexibility index (Phi) is 4.71. The highest BCUT2D eigenvalue weighted by molar-refractivity contribution is 5.69. The topological polar surface area (TPSA) is 39.7 Å². The van der Waals surface area contributed by atoms with Crippen LogP contribution in [-0.2, 0) is 0 Å². The summed E-state index contributed by atoms with van der Waals surface area (Å²) >= 11 is 0. The first-order valence-electron chi connectivity index (χ1n) is 7.47. The van der Waals surface area contributed by atoms with Crippen LogP contribution in [-0.4, -0.2) is 32.7 Å². The number of hydrogen-bond acceptors (Lipinski definition) is 4. The van der Waals surface area contributed by atoms with Crippen LogP contribution in [0.2, 0.25) is 0 Å². The van der Waals surface area contributed by atoms with E-state index in [1.54, 1.807) is 6.07 Å². The van der Waals surface area contributed by atoms with Gasteiger partial charge in [0, 0.05) is 18.7 Å². The van der Waals surface area contributed by atoms with Crippen LogP contribution in [0.4, 0.5) is 17.6 Å². The summed E-state index contributed by atoms with van der Waals surface area (Å²) in [4.78, 5) is 0. The van der Waals surface area contributed by atoms with E-state index in [4.69, 9.17) is 9.47 Å². The van der Waals surface area contributed by atoms with Crippen molar-refractivity contribution in [1.29, 1.82) is 0 Å². The van der Waals surface area contributed by atoms with Crippen LogP contribution in [0.3, 0.4) is 0 Å². The van der Waals surface area contributed by atoms with Crippen molar-refractivity contribution in [3.63, 3.8) is 0 Å². The summed E-state index contributed by atoms with van der Waals surface area (Å²) in [6.45, 7) is 1.08. The number of hydrogen-bond donors (Lipinski definition) is 1. The minimum Gasteiger partial charge on any atom is -0.494 e. The molecule has 0 aliphatic carbocycles. The molecule has 8 heteroatoms. The second-order valence-corrected chi connectivity index (χ2v) is 5.43. The van der Waals surface area contributed by atoms with Crippen molar-refractivity contribution < 1.29 is 31.8 Å². The van der Waals surface area contributed by atoms with Gasteiger partial charge in [0.05, 0.1) is 7.11 Å². The van der Waals surface area contributed by atoms with Crippen LogP contribution < -0.4 is 19.5 Å². The average molecular weight is 357 g/mol. The summed E-state index contributed by atoms with van der Waals surface area (Å²) in [5, 5.41) is 2.96. The first-order chi connectivity index (χ1) is 11.9. The van der Waals surface area contributed by atoms with E-state index in [0.717, 1.165) is 6.07 Å². The van der Waals surface area contributed by atoms with Crippen LogP contribution in [0.15, 0.2) is 36.4 Å². The van der Waals surface area contributed by atoms with Gasteiger partial charge in [0.25, 0.3) is 0 Å². The molecule has 0 atom stereocenters. The Labute approximate surface area is 141 Å². The Balaban J connectivity index is 1.99. The van der Waals surface area contributed by atoms with Gasteiger partial charge in [0.1, 0.15) is 6.10 Å². The Hall–Kier alpha value is -2.48. The van der Waals surface area contributed by atoms with Gasteiger partial charge in [0.2, 0.25) is 0 Å². The predicted octanol–water partition coefficient (Wildman–Crippen LogP) is 3.75. The number of benzene rings is 2. The summed E-state index contributed by atoms with van der Waals surface area (Å²) in [5.74, 6) is -1.23. The highest BCUT2D eigenvalue weighted by Gasteiger charge is 2.33. The fourth-order valence-corrected chi connectivity index (χ4v) is 2.39. The minimum atomic E-state index is -4.89. The SMILES string of the molecule is COc1cccc(-c2ccc(OC3CNC3)c(OC(F)(F)F)c2)c1F. The third kappa shape index (κ3) is 3.96. The fourth-order valence-electron chi connectivity index (χ4n) is 2.39. The van der Waals surface area contributed by atoms with E-state index in [1.807, 2.05) is 0 Å². The molecule has 25 heavy (non-hydrogen) atoms. The molecule has 0 saturated carbocycles. The Morgan fingerprint density at radius 2 is 1.80 bits per heavy atom. The Bertz CT molecular complexity index is 760. The molecule has 4 nitrogen and oxygen atoms in total. The van der Waals surface area contributed by atoms with Gasteiger partial charge >= 0.3 is 6.36 Å². The first-order valence-corrected chi connectivity index (χ1v) is 7.47.